The minimum atomic E-state index is -3.74. The van der Waals surface area contributed by atoms with Crippen molar-refractivity contribution in [1.82, 2.24) is 14.3 Å². The second-order valence-electron chi connectivity index (χ2n) is 9.68. The normalized spacial score (nSPS) is 20.6. The van der Waals surface area contributed by atoms with Gasteiger partial charge in [0.25, 0.3) is 0 Å². The van der Waals surface area contributed by atoms with E-state index in [2.05, 4.69) is 10.0 Å². The number of rotatable bonds is 11. The predicted octanol–water partition coefficient (Wildman–Crippen LogP) is 0.635. The van der Waals surface area contributed by atoms with Crippen LogP contribution in [0.1, 0.15) is 29.6 Å². The molecule has 0 saturated carbocycles. The van der Waals surface area contributed by atoms with Gasteiger partial charge in [0.15, 0.2) is 0 Å². The summed E-state index contributed by atoms with van der Waals surface area (Å²) in [5, 5.41) is 22.7. The third-order valence-electron chi connectivity index (χ3n) is 7.05. The molecule has 0 aromatic heterocycles. The molecule has 12 nitrogen and oxygen atoms in total. The van der Waals surface area contributed by atoms with Gasteiger partial charge in [0.1, 0.15) is 18.5 Å². The number of benzene rings is 2. The van der Waals surface area contributed by atoms with Crippen LogP contribution in [-0.2, 0) is 24.8 Å². The number of piperidine rings is 1. The number of carboxylic acids is 1. The fourth-order valence-corrected chi connectivity index (χ4v) is 6.99. The molecule has 2 aromatic rings. The number of nitrogens with one attached hydrogen (secondary N) is 2. The molecule has 2 unspecified atom stereocenters. The van der Waals surface area contributed by atoms with Crippen LogP contribution in [0.5, 0.6) is 5.75 Å². The van der Waals surface area contributed by atoms with Crippen molar-refractivity contribution in [3.8, 4) is 5.75 Å². The van der Waals surface area contributed by atoms with Gasteiger partial charge in [-0.3, -0.25) is 0 Å². The molecule has 0 amide bonds. The van der Waals surface area contributed by atoms with Crippen LogP contribution in [0.15, 0.2) is 58.3 Å². The van der Waals surface area contributed by atoms with Gasteiger partial charge < -0.3 is 25.0 Å². The number of carbonyl (C=O) groups is 1. The van der Waals surface area contributed by atoms with Crippen LogP contribution in [0.25, 0.3) is 0 Å². The summed E-state index contributed by atoms with van der Waals surface area (Å²) in [7, 11) is -6.02. The summed E-state index contributed by atoms with van der Waals surface area (Å²) < 4.78 is 65.2. The van der Waals surface area contributed by atoms with Gasteiger partial charge in [-0.15, -0.1) is 0 Å². The first-order chi connectivity index (χ1) is 18.4. The van der Waals surface area contributed by atoms with Gasteiger partial charge in [0.05, 0.1) is 27.6 Å². The molecular formula is C25H33N3O9S2. The minimum Gasteiger partial charge on any atom is -0.491 e. The summed E-state index contributed by atoms with van der Waals surface area (Å²) in [6.07, 6.45) is 0.876. The first-order valence-corrected chi connectivity index (χ1v) is 15.4. The molecule has 2 aliphatic heterocycles. The molecule has 0 aliphatic carbocycles. The number of hydrogen-bond acceptors (Lipinski definition) is 9. The number of aromatic carboxylic acids is 1. The Balaban J connectivity index is 1.23. The molecule has 4 N–H and O–H groups in total. The van der Waals surface area contributed by atoms with Gasteiger partial charge in [0, 0.05) is 31.7 Å². The average molecular weight is 584 g/mol. The number of carboxylic acid groups (broad SMARTS) is 1. The molecule has 2 aliphatic rings. The van der Waals surface area contributed by atoms with E-state index in [4.69, 9.17) is 14.6 Å². The van der Waals surface area contributed by atoms with E-state index in [-0.39, 0.29) is 47.6 Å². The fourth-order valence-electron chi connectivity index (χ4n) is 4.78. The van der Waals surface area contributed by atoms with Gasteiger partial charge >= 0.3 is 5.97 Å². The van der Waals surface area contributed by atoms with E-state index in [1.807, 2.05) is 0 Å². The second-order valence-corrected chi connectivity index (χ2v) is 13.5. The molecule has 14 heteroatoms. The van der Waals surface area contributed by atoms with Crippen LogP contribution < -0.4 is 14.8 Å². The summed E-state index contributed by atoms with van der Waals surface area (Å²) in [6.45, 7) is 1.21. The molecule has 2 fully saturated rings. The lowest BCUT2D eigenvalue weighted by Gasteiger charge is -2.38. The van der Waals surface area contributed by atoms with Gasteiger partial charge in [0.2, 0.25) is 20.0 Å². The van der Waals surface area contributed by atoms with Gasteiger partial charge in [-0.2, -0.15) is 4.31 Å². The first-order valence-electron chi connectivity index (χ1n) is 12.5. The van der Waals surface area contributed by atoms with E-state index in [0.717, 1.165) is 0 Å². The molecule has 1 spiro atoms. The van der Waals surface area contributed by atoms with Crippen molar-refractivity contribution in [3.05, 3.63) is 54.1 Å². The van der Waals surface area contributed by atoms with Crippen molar-refractivity contribution in [3.63, 3.8) is 0 Å². The van der Waals surface area contributed by atoms with Crippen LogP contribution >= 0.6 is 0 Å². The summed E-state index contributed by atoms with van der Waals surface area (Å²) in [4.78, 5) is 11.2. The number of aliphatic hydroxyl groups is 1. The highest BCUT2D eigenvalue weighted by Crippen LogP contribution is 2.37. The zero-order chi connectivity index (χ0) is 28.3. The van der Waals surface area contributed by atoms with Gasteiger partial charge in [-0.25, -0.2) is 26.4 Å². The maximum Gasteiger partial charge on any atom is 0.335 e. The van der Waals surface area contributed by atoms with Crippen LogP contribution in [-0.4, -0.2) is 95.0 Å². The molecule has 0 radical (unpaired) electrons. The van der Waals surface area contributed by atoms with Gasteiger partial charge in [-0.05, 0) is 62.7 Å². The number of sulfonamides is 2. The average Bonchev–Trinajstić information content (AvgIpc) is 3.33. The SMILES string of the molecule is CNS(=O)(=O)c1cccc(OCC(O)CNC2COC3(CCN(S(=O)(=O)c4ccc(C(=O)O)cc4)CC3)C2)c1. The van der Waals surface area contributed by atoms with E-state index in [0.29, 0.717) is 31.6 Å². The van der Waals surface area contributed by atoms with E-state index in [1.165, 1.54) is 47.8 Å². The van der Waals surface area contributed by atoms with E-state index in [9.17, 15) is 26.7 Å². The smallest absolute Gasteiger partial charge is 0.335 e. The number of hydrogen-bond donors (Lipinski definition) is 4. The lowest BCUT2D eigenvalue weighted by molar-refractivity contribution is -0.0312. The lowest BCUT2D eigenvalue weighted by Crippen LogP contribution is -2.47. The van der Waals surface area contributed by atoms with Crippen LogP contribution in [0, 0.1) is 0 Å². The Kier molecular flexibility index (Phi) is 8.95. The van der Waals surface area contributed by atoms with Gasteiger partial charge in [-0.1, -0.05) is 6.07 Å². The van der Waals surface area contributed by atoms with E-state index < -0.39 is 37.7 Å². The van der Waals surface area contributed by atoms with Crippen molar-refractivity contribution in [2.24, 2.45) is 0 Å². The topological polar surface area (TPSA) is 172 Å². The Labute approximate surface area is 228 Å². The summed E-state index contributed by atoms with van der Waals surface area (Å²) in [6, 6.07) is 11.2. The molecule has 0 bridgehead atoms. The van der Waals surface area contributed by atoms with Crippen molar-refractivity contribution in [1.29, 1.82) is 0 Å². The van der Waals surface area contributed by atoms with Crippen molar-refractivity contribution < 1.29 is 41.3 Å². The number of nitrogens with zero attached hydrogens (tertiary/aromatic N) is 1. The highest BCUT2D eigenvalue weighted by atomic mass is 32.2. The van der Waals surface area contributed by atoms with E-state index >= 15 is 0 Å². The summed E-state index contributed by atoms with van der Waals surface area (Å²) in [5.41, 5.74) is -0.423. The third-order valence-corrected chi connectivity index (χ3v) is 10.4. The first kappa shape index (κ1) is 29.4. The Bertz CT molecular complexity index is 1370. The predicted molar refractivity (Wildman–Crippen MR) is 141 cm³/mol. The molecule has 2 saturated heterocycles. The quantitative estimate of drug-likeness (QED) is 0.294. The molecule has 2 aromatic carbocycles. The molecule has 2 heterocycles. The lowest BCUT2D eigenvalue weighted by atomic mass is 9.88. The maximum absolute atomic E-state index is 13.0. The third kappa shape index (κ3) is 6.95. The Morgan fingerprint density at radius 1 is 1.13 bits per heavy atom. The Morgan fingerprint density at radius 3 is 2.46 bits per heavy atom. The molecular weight excluding hydrogens is 550 g/mol. The fraction of sp³-hybridized carbons (Fsp3) is 0.480. The zero-order valence-corrected chi connectivity index (χ0v) is 23.1. The molecule has 39 heavy (non-hydrogen) atoms. The molecule has 4 rings (SSSR count). The van der Waals surface area contributed by atoms with Crippen molar-refractivity contribution in [2.75, 3.05) is 39.9 Å². The highest BCUT2D eigenvalue weighted by Gasteiger charge is 2.44. The van der Waals surface area contributed by atoms with Crippen molar-refractivity contribution >= 4 is 26.0 Å². The molecule has 2 atom stereocenters. The standard InChI is InChI=1S/C25H33N3O9S2/c1-26-38(32,33)23-4-2-3-21(13-23)36-17-20(29)15-27-19-14-25(37-16-19)9-11-28(12-10-25)39(34,35)22-7-5-18(6-8-22)24(30)31/h2-8,13,19-20,26-27,29H,9-12,14-17H2,1H3,(H,30,31). The van der Waals surface area contributed by atoms with Crippen LogP contribution in [0.4, 0.5) is 0 Å². The summed E-state index contributed by atoms with van der Waals surface area (Å²) in [5.74, 6) is -0.791. The monoisotopic (exact) mass is 583 g/mol. The van der Waals surface area contributed by atoms with E-state index in [1.54, 1.807) is 12.1 Å². The largest absolute Gasteiger partial charge is 0.491 e. The number of aliphatic hydroxyl groups excluding tert-OH is 1. The summed E-state index contributed by atoms with van der Waals surface area (Å²) >= 11 is 0. The minimum absolute atomic E-state index is 0.0181. The van der Waals surface area contributed by atoms with Crippen LogP contribution in [0.3, 0.4) is 0 Å². The Hall–Kier alpha value is -2.59. The molecule has 214 valence electrons. The highest BCUT2D eigenvalue weighted by molar-refractivity contribution is 7.89. The zero-order valence-electron chi connectivity index (χ0n) is 21.4. The van der Waals surface area contributed by atoms with Crippen molar-refractivity contribution in [2.45, 2.75) is 46.8 Å². The maximum atomic E-state index is 13.0. The number of ether oxygens (including phenoxy) is 2. The van der Waals surface area contributed by atoms with Crippen LogP contribution in [0.2, 0.25) is 0 Å². The second kappa shape index (κ2) is 11.9. The Morgan fingerprint density at radius 2 is 1.82 bits per heavy atom.